The summed E-state index contributed by atoms with van der Waals surface area (Å²) in [6.45, 7) is 5.55. The van der Waals surface area contributed by atoms with E-state index in [0.717, 1.165) is 19.6 Å². The third-order valence-electron chi connectivity index (χ3n) is 5.00. The van der Waals surface area contributed by atoms with Gasteiger partial charge in [0.1, 0.15) is 11.9 Å². The molecule has 22 heavy (non-hydrogen) atoms. The molecule has 0 radical (unpaired) electrons. The van der Waals surface area contributed by atoms with E-state index < -0.39 is 5.54 Å². The molecule has 0 saturated carbocycles. The van der Waals surface area contributed by atoms with E-state index in [-0.39, 0.29) is 17.6 Å². The van der Waals surface area contributed by atoms with Crippen molar-refractivity contribution in [2.75, 3.05) is 39.8 Å². The molecule has 1 aromatic rings. The van der Waals surface area contributed by atoms with E-state index in [2.05, 4.69) is 20.1 Å². The van der Waals surface area contributed by atoms with Gasteiger partial charge in [-0.25, -0.2) is 4.98 Å². The fourth-order valence-electron chi connectivity index (χ4n) is 3.48. The summed E-state index contributed by atoms with van der Waals surface area (Å²) in [6, 6.07) is 0. The van der Waals surface area contributed by atoms with Crippen molar-refractivity contribution >= 4 is 11.8 Å². The van der Waals surface area contributed by atoms with Crippen molar-refractivity contribution in [3.63, 3.8) is 0 Å². The second-order valence-electron chi connectivity index (χ2n) is 5.96. The molecule has 2 aliphatic heterocycles. The predicted molar refractivity (Wildman–Crippen MR) is 79.1 cm³/mol. The van der Waals surface area contributed by atoms with E-state index >= 15 is 0 Å². The number of hydrogen-bond donors (Lipinski definition) is 1. The molecule has 3 heterocycles. The smallest absolute Gasteiger partial charge is 0.291 e. The lowest BCUT2D eigenvalue weighted by Gasteiger charge is -2.51. The van der Waals surface area contributed by atoms with Crippen LogP contribution in [0.4, 0.5) is 0 Å². The van der Waals surface area contributed by atoms with Gasteiger partial charge in [-0.15, -0.1) is 0 Å². The van der Waals surface area contributed by atoms with Gasteiger partial charge in [0, 0.05) is 32.7 Å². The highest BCUT2D eigenvalue weighted by Gasteiger charge is 2.49. The van der Waals surface area contributed by atoms with Crippen molar-refractivity contribution in [2.45, 2.75) is 25.3 Å². The molecule has 0 unspecified atom stereocenters. The lowest BCUT2D eigenvalue weighted by atomic mass is 9.82. The molecule has 2 amide bonds. The van der Waals surface area contributed by atoms with Crippen LogP contribution in [0.3, 0.4) is 0 Å². The summed E-state index contributed by atoms with van der Waals surface area (Å²) in [5.74, 6) is 0.315. The van der Waals surface area contributed by atoms with Gasteiger partial charge in [0.25, 0.3) is 5.91 Å². The minimum Gasteiger partial charge on any atom is -0.340 e. The molecule has 2 saturated heterocycles. The van der Waals surface area contributed by atoms with Crippen LogP contribution in [0.15, 0.2) is 6.33 Å². The van der Waals surface area contributed by atoms with Crippen LogP contribution in [0.25, 0.3) is 0 Å². The Morgan fingerprint density at radius 3 is 2.64 bits per heavy atom. The van der Waals surface area contributed by atoms with Crippen molar-refractivity contribution < 1.29 is 9.59 Å². The highest BCUT2D eigenvalue weighted by atomic mass is 16.2. The molecule has 0 atom stereocenters. The largest absolute Gasteiger partial charge is 0.340 e. The van der Waals surface area contributed by atoms with Crippen molar-refractivity contribution in [1.82, 2.24) is 29.9 Å². The van der Waals surface area contributed by atoms with Crippen LogP contribution < -0.4 is 0 Å². The summed E-state index contributed by atoms with van der Waals surface area (Å²) in [5.41, 5.74) is -0.452. The summed E-state index contributed by atoms with van der Waals surface area (Å²) >= 11 is 0. The highest BCUT2D eigenvalue weighted by molar-refractivity contribution is 5.91. The van der Waals surface area contributed by atoms with Gasteiger partial charge in [0.05, 0.1) is 0 Å². The standard InChI is InChI=1S/C14H22N6O2/c1-3-19-9-8-18(2)14(13(19)22)4-6-20(7-5-14)12(21)11-15-10-16-17-11/h10H,3-9H2,1-2H3,(H,15,16,17). The van der Waals surface area contributed by atoms with Crippen LogP contribution in [-0.2, 0) is 4.79 Å². The normalized spacial score (nSPS) is 22.4. The van der Waals surface area contributed by atoms with Gasteiger partial charge in [-0.1, -0.05) is 0 Å². The molecule has 120 valence electrons. The Morgan fingerprint density at radius 2 is 2.05 bits per heavy atom. The quantitative estimate of drug-likeness (QED) is 0.801. The van der Waals surface area contributed by atoms with Crippen LogP contribution in [0.1, 0.15) is 30.4 Å². The lowest BCUT2D eigenvalue weighted by Crippen LogP contribution is -2.67. The number of nitrogens with one attached hydrogen (secondary N) is 1. The number of likely N-dealkylation sites (tertiary alicyclic amines) is 1. The van der Waals surface area contributed by atoms with Crippen molar-refractivity contribution in [3.8, 4) is 0 Å². The first-order valence-corrected chi connectivity index (χ1v) is 7.74. The number of amides is 2. The number of aromatic amines is 1. The summed E-state index contributed by atoms with van der Waals surface area (Å²) in [4.78, 5) is 34.8. The summed E-state index contributed by atoms with van der Waals surface area (Å²) < 4.78 is 0. The minimum atomic E-state index is -0.452. The minimum absolute atomic E-state index is 0.148. The Hall–Kier alpha value is -1.96. The molecule has 2 fully saturated rings. The zero-order chi connectivity index (χ0) is 15.7. The zero-order valence-corrected chi connectivity index (χ0v) is 13.1. The fourth-order valence-corrected chi connectivity index (χ4v) is 3.48. The Kier molecular flexibility index (Phi) is 3.86. The average Bonchev–Trinajstić information content (AvgIpc) is 3.07. The van der Waals surface area contributed by atoms with E-state index in [0.29, 0.717) is 25.9 Å². The second-order valence-corrected chi connectivity index (χ2v) is 5.96. The topological polar surface area (TPSA) is 85.4 Å². The summed E-state index contributed by atoms with van der Waals surface area (Å²) in [7, 11) is 2.01. The molecule has 0 aromatic carbocycles. The van der Waals surface area contributed by atoms with Gasteiger partial charge in [-0.05, 0) is 26.8 Å². The van der Waals surface area contributed by atoms with E-state index in [4.69, 9.17) is 0 Å². The molecule has 1 aromatic heterocycles. The number of H-pyrrole nitrogens is 1. The van der Waals surface area contributed by atoms with E-state index in [1.165, 1.54) is 6.33 Å². The first-order valence-electron chi connectivity index (χ1n) is 7.74. The maximum absolute atomic E-state index is 12.8. The third kappa shape index (κ3) is 2.27. The third-order valence-corrected chi connectivity index (χ3v) is 5.00. The van der Waals surface area contributed by atoms with Gasteiger partial charge in [0.15, 0.2) is 0 Å². The number of piperazine rings is 1. The van der Waals surface area contributed by atoms with Crippen molar-refractivity contribution in [3.05, 3.63) is 12.2 Å². The van der Waals surface area contributed by atoms with Crippen LogP contribution in [0.5, 0.6) is 0 Å². The van der Waals surface area contributed by atoms with Crippen molar-refractivity contribution in [1.29, 1.82) is 0 Å². The molecule has 1 N–H and O–H groups in total. The number of rotatable bonds is 2. The van der Waals surface area contributed by atoms with Gasteiger partial charge in [-0.2, -0.15) is 5.10 Å². The van der Waals surface area contributed by atoms with Gasteiger partial charge < -0.3 is 9.80 Å². The molecular formula is C14H22N6O2. The highest BCUT2D eigenvalue weighted by Crippen LogP contribution is 2.33. The average molecular weight is 306 g/mol. The predicted octanol–water partition coefficient (Wildman–Crippen LogP) is -0.427. The maximum Gasteiger partial charge on any atom is 0.291 e. The number of nitrogens with zero attached hydrogens (tertiary/aromatic N) is 5. The number of carbonyl (C=O) groups excluding carboxylic acids is 2. The monoisotopic (exact) mass is 306 g/mol. The van der Waals surface area contributed by atoms with Crippen LogP contribution >= 0.6 is 0 Å². The fraction of sp³-hybridized carbons (Fsp3) is 0.714. The Morgan fingerprint density at radius 1 is 1.32 bits per heavy atom. The summed E-state index contributed by atoms with van der Waals surface area (Å²) in [6.07, 6.45) is 2.66. The van der Waals surface area contributed by atoms with E-state index in [9.17, 15) is 9.59 Å². The summed E-state index contributed by atoms with van der Waals surface area (Å²) in [5, 5.41) is 6.32. The van der Waals surface area contributed by atoms with E-state index in [1.54, 1.807) is 4.90 Å². The number of likely N-dealkylation sites (N-methyl/N-ethyl adjacent to an activating group) is 2. The number of piperidine rings is 1. The van der Waals surface area contributed by atoms with Gasteiger partial charge in [-0.3, -0.25) is 19.6 Å². The van der Waals surface area contributed by atoms with Gasteiger partial charge >= 0.3 is 0 Å². The molecule has 1 spiro atoms. The van der Waals surface area contributed by atoms with Crippen LogP contribution in [0.2, 0.25) is 0 Å². The molecule has 3 rings (SSSR count). The molecule has 2 aliphatic rings. The number of aromatic nitrogens is 3. The first kappa shape index (κ1) is 15.0. The van der Waals surface area contributed by atoms with Gasteiger partial charge in [0.2, 0.25) is 11.7 Å². The molecule has 0 aliphatic carbocycles. The maximum atomic E-state index is 12.8. The molecule has 8 heteroatoms. The Balaban J connectivity index is 1.72. The number of hydrogen-bond acceptors (Lipinski definition) is 5. The first-order chi connectivity index (χ1) is 10.6. The molecule has 8 nitrogen and oxygen atoms in total. The molecule has 0 bridgehead atoms. The lowest BCUT2D eigenvalue weighted by molar-refractivity contribution is -0.153. The van der Waals surface area contributed by atoms with Crippen LogP contribution in [-0.4, -0.2) is 87.0 Å². The Bertz CT molecular complexity index is 550. The second kappa shape index (κ2) is 5.68. The Labute approximate surface area is 129 Å². The van der Waals surface area contributed by atoms with Crippen molar-refractivity contribution in [2.24, 2.45) is 0 Å². The SMILES string of the molecule is CCN1CCN(C)C2(CCN(C(=O)c3ncn[nH]3)CC2)C1=O. The van der Waals surface area contributed by atoms with E-state index in [1.807, 2.05) is 18.9 Å². The number of carbonyl (C=O) groups is 2. The zero-order valence-electron chi connectivity index (χ0n) is 13.1. The molecular weight excluding hydrogens is 284 g/mol. The van der Waals surface area contributed by atoms with Crippen LogP contribution in [0, 0.1) is 0 Å².